The lowest BCUT2D eigenvalue weighted by atomic mass is 9.95. The van der Waals surface area contributed by atoms with Crippen LogP contribution in [0.5, 0.6) is 0 Å². The summed E-state index contributed by atoms with van der Waals surface area (Å²) in [6, 6.07) is 23.9. The van der Waals surface area contributed by atoms with E-state index in [1.54, 1.807) is 18.2 Å². The first-order valence-electron chi connectivity index (χ1n) is 9.45. The summed E-state index contributed by atoms with van der Waals surface area (Å²) in [5.41, 5.74) is 3.35. The van der Waals surface area contributed by atoms with Crippen molar-refractivity contribution in [1.82, 2.24) is 10.2 Å². The highest BCUT2D eigenvalue weighted by molar-refractivity contribution is 6.10. The molecule has 5 nitrogen and oxygen atoms in total. The minimum Gasteiger partial charge on any atom is -0.348 e. The highest BCUT2D eigenvalue weighted by Gasteiger charge is 2.31. The molecule has 0 atom stereocenters. The Bertz CT molecular complexity index is 1060. The molecule has 144 valence electrons. The maximum absolute atomic E-state index is 13.0. The maximum atomic E-state index is 13.0. The Labute approximate surface area is 169 Å². The van der Waals surface area contributed by atoms with Crippen molar-refractivity contribution in [1.29, 1.82) is 0 Å². The molecule has 3 amide bonds. The first-order valence-corrected chi connectivity index (χ1v) is 9.45. The quantitative estimate of drug-likeness (QED) is 0.686. The van der Waals surface area contributed by atoms with Gasteiger partial charge < -0.3 is 5.32 Å². The van der Waals surface area contributed by atoms with Crippen LogP contribution in [0, 0.1) is 0 Å². The third-order valence-electron chi connectivity index (χ3n) is 4.97. The zero-order chi connectivity index (χ0) is 20.2. The van der Waals surface area contributed by atoms with Crippen molar-refractivity contribution in [2.45, 2.75) is 19.5 Å². The summed E-state index contributed by atoms with van der Waals surface area (Å²) < 4.78 is 0. The van der Waals surface area contributed by atoms with Crippen LogP contribution in [-0.4, -0.2) is 22.6 Å². The summed E-state index contributed by atoms with van der Waals surface area (Å²) in [6.45, 7) is 0.631. The molecule has 3 aromatic carbocycles. The Hall–Kier alpha value is -3.73. The Kier molecular flexibility index (Phi) is 5.20. The van der Waals surface area contributed by atoms with Gasteiger partial charge in [-0.2, -0.15) is 0 Å². The zero-order valence-electron chi connectivity index (χ0n) is 15.8. The second-order valence-electron chi connectivity index (χ2n) is 6.99. The van der Waals surface area contributed by atoms with Crippen molar-refractivity contribution in [2.75, 3.05) is 0 Å². The van der Waals surface area contributed by atoms with Gasteiger partial charge in [-0.25, -0.2) is 0 Å². The predicted octanol–water partition coefficient (Wildman–Crippen LogP) is 3.34. The lowest BCUT2D eigenvalue weighted by molar-refractivity contribution is -0.128. The second-order valence-corrected chi connectivity index (χ2v) is 6.99. The minimum atomic E-state index is -0.363. The molecule has 0 bridgehead atoms. The van der Waals surface area contributed by atoms with Gasteiger partial charge in [0, 0.05) is 17.7 Å². The molecule has 0 aromatic heterocycles. The van der Waals surface area contributed by atoms with Crippen LogP contribution in [0.25, 0.3) is 0 Å². The van der Waals surface area contributed by atoms with Gasteiger partial charge in [0.2, 0.25) is 5.91 Å². The van der Waals surface area contributed by atoms with Crippen molar-refractivity contribution in [2.24, 2.45) is 0 Å². The van der Waals surface area contributed by atoms with Crippen molar-refractivity contribution in [3.05, 3.63) is 107 Å². The number of hydrogen-bond acceptors (Lipinski definition) is 3. The molecule has 0 spiro atoms. The van der Waals surface area contributed by atoms with Gasteiger partial charge in [-0.3, -0.25) is 19.3 Å². The van der Waals surface area contributed by atoms with E-state index in [4.69, 9.17) is 0 Å². The number of nitrogens with one attached hydrogen (secondary N) is 1. The van der Waals surface area contributed by atoms with E-state index in [0.717, 1.165) is 11.1 Å². The van der Waals surface area contributed by atoms with E-state index in [9.17, 15) is 14.4 Å². The largest absolute Gasteiger partial charge is 0.348 e. The molecule has 0 unspecified atom stereocenters. The maximum Gasteiger partial charge on any atom is 0.261 e. The number of nitrogens with zero attached hydrogens (tertiary/aromatic N) is 1. The van der Waals surface area contributed by atoms with Gasteiger partial charge >= 0.3 is 0 Å². The van der Waals surface area contributed by atoms with Gasteiger partial charge in [-0.1, -0.05) is 66.7 Å². The van der Waals surface area contributed by atoms with Gasteiger partial charge in [-0.05, 0) is 28.8 Å². The topological polar surface area (TPSA) is 66.5 Å². The van der Waals surface area contributed by atoms with Crippen LogP contribution in [0.15, 0.2) is 78.9 Å². The molecule has 0 fully saturated rings. The van der Waals surface area contributed by atoms with Crippen LogP contribution in [0.2, 0.25) is 0 Å². The fraction of sp³-hybridized carbons (Fsp3) is 0.125. The highest BCUT2D eigenvalue weighted by atomic mass is 16.2. The number of carbonyl (C=O) groups excluding carboxylic acids is 3. The van der Waals surface area contributed by atoms with Crippen LogP contribution in [0.3, 0.4) is 0 Å². The van der Waals surface area contributed by atoms with E-state index >= 15 is 0 Å². The number of imide groups is 1. The molecule has 4 rings (SSSR count). The highest BCUT2D eigenvalue weighted by Crippen LogP contribution is 2.23. The fourth-order valence-corrected chi connectivity index (χ4v) is 3.39. The molecule has 0 saturated carbocycles. The summed E-state index contributed by atoms with van der Waals surface area (Å²) >= 11 is 0. The van der Waals surface area contributed by atoms with Gasteiger partial charge in [0.1, 0.15) is 0 Å². The summed E-state index contributed by atoms with van der Waals surface area (Å²) in [5, 5.41) is 2.87. The van der Waals surface area contributed by atoms with E-state index in [-0.39, 0.29) is 30.7 Å². The van der Waals surface area contributed by atoms with E-state index in [1.807, 2.05) is 60.7 Å². The molecule has 5 heteroatoms. The number of benzene rings is 3. The molecule has 1 N–H and O–H groups in total. The first kappa shape index (κ1) is 18.6. The Morgan fingerprint density at radius 3 is 2.21 bits per heavy atom. The monoisotopic (exact) mass is 384 g/mol. The molecular formula is C24H20N2O3. The average molecular weight is 384 g/mol. The molecule has 1 heterocycles. The molecule has 0 aliphatic carbocycles. The average Bonchev–Trinajstić information content (AvgIpc) is 2.76. The fourth-order valence-electron chi connectivity index (χ4n) is 3.39. The normalized spacial score (nSPS) is 13.2. The molecule has 29 heavy (non-hydrogen) atoms. The number of fused-ring (bicyclic) bond motifs is 1. The lowest BCUT2D eigenvalue weighted by Gasteiger charge is -2.27. The van der Waals surface area contributed by atoms with E-state index in [1.165, 1.54) is 4.90 Å². The van der Waals surface area contributed by atoms with E-state index in [2.05, 4.69) is 5.32 Å². The van der Waals surface area contributed by atoms with Crippen LogP contribution < -0.4 is 5.32 Å². The van der Waals surface area contributed by atoms with Crippen LogP contribution in [0.1, 0.15) is 37.4 Å². The van der Waals surface area contributed by atoms with Gasteiger partial charge in [-0.15, -0.1) is 0 Å². The van der Waals surface area contributed by atoms with E-state index in [0.29, 0.717) is 23.2 Å². The molecule has 0 saturated heterocycles. The van der Waals surface area contributed by atoms with E-state index < -0.39 is 0 Å². The van der Waals surface area contributed by atoms with Crippen LogP contribution >= 0.6 is 0 Å². The first-order chi connectivity index (χ1) is 14.1. The minimum absolute atomic E-state index is 0.153. The van der Waals surface area contributed by atoms with Crippen molar-refractivity contribution in [3.63, 3.8) is 0 Å². The SMILES string of the molecule is O=C(NCc1ccccc1)c1ccc2c(c1)C(=O)N(Cc1ccccc1)C(=O)C2. The zero-order valence-corrected chi connectivity index (χ0v) is 15.8. The van der Waals surface area contributed by atoms with Crippen molar-refractivity contribution >= 4 is 17.7 Å². The summed E-state index contributed by atoms with van der Waals surface area (Å²) in [7, 11) is 0. The number of carbonyl (C=O) groups is 3. The number of hydrogen-bond donors (Lipinski definition) is 1. The van der Waals surface area contributed by atoms with Crippen LogP contribution in [0.4, 0.5) is 0 Å². The smallest absolute Gasteiger partial charge is 0.261 e. The third-order valence-corrected chi connectivity index (χ3v) is 4.97. The molecule has 1 aliphatic heterocycles. The Balaban J connectivity index is 1.52. The lowest BCUT2D eigenvalue weighted by Crippen LogP contribution is -2.42. The molecular weight excluding hydrogens is 364 g/mol. The van der Waals surface area contributed by atoms with Gasteiger partial charge in [0.15, 0.2) is 0 Å². The molecule has 3 aromatic rings. The van der Waals surface area contributed by atoms with Gasteiger partial charge in [0.25, 0.3) is 11.8 Å². The molecule has 0 radical (unpaired) electrons. The van der Waals surface area contributed by atoms with Crippen molar-refractivity contribution < 1.29 is 14.4 Å². The number of rotatable bonds is 5. The third kappa shape index (κ3) is 4.09. The summed E-state index contributed by atoms with van der Waals surface area (Å²) in [6.07, 6.45) is 0.153. The van der Waals surface area contributed by atoms with Crippen molar-refractivity contribution in [3.8, 4) is 0 Å². The number of amides is 3. The standard InChI is InChI=1S/C24H20N2O3/c27-22-14-19-11-12-20(23(28)25-15-17-7-3-1-4-8-17)13-21(19)24(29)26(22)16-18-9-5-2-6-10-18/h1-13H,14-16H2,(H,25,28). The summed E-state index contributed by atoms with van der Waals surface area (Å²) in [4.78, 5) is 39.2. The Morgan fingerprint density at radius 2 is 1.52 bits per heavy atom. The second kappa shape index (κ2) is 8.10. The molecule has 1 aliphatic rings. The van der Waals surface area contributed by atoms with Crippen LogP contribution in [-0.2, 0) is 24.3 Å². The predicted molar refractivity (Wildman–Crippen MR) is 109 cm³/mol. The summed E-state index contributed by atoms with van der Waals surface area (Å²) in [5.74, 6) is -0.846. The Morgan fingerprint density at radius 1 is 0.862 bits per heavy atom. The van der Waals surface area contributed by atoms with Gasteiger partial charge in [0.05, 0.1) is 13.0 Å².